The van der Waals surface area contributed by atoms with Crippen molar-refractivity contribution in [1.29, 1.82) is 0 Å². The summed E-state index contributed by atoms with van der Waals surface area (Å²) in [5.74, 6) is 0.385. The van der Waals surface area contributed by atoms with E-state index >= 15 is 0 Å². The Balaban J connectivity index is 1.55. The van der Waals surface area contributed by atoms with Gasteiger partial charge in [0, 0.05) is 24.2 Å². The molecule has 154 valence electrons. The van der Waals surface area contributed by atoms with Crippen molar-refractivity contribution in [1.82, 2.24) is 9.88 Å². The van der Waals surface area contributed by atoms with Gasteiger partial charge in [0.2, 0.25) is 17.7 Å². The number of anilines is 1. The fraction of sp³-hybridized carbons (Fsp3) is 0.292. The van der Waals surface area contributed by atoms with Gasteiger partial charge in [-0.1, -0.05) is 45.0 Å². The number of nitrogens with zero attached hydrogens (tertiary/aromatic N) is 2. The predicted molar refractivity (Wildman–Crippen MR) is 117 cm³/mol. The molecule has 30 heavy (non-hydrogen) atoms. The Kier molecular flexibility index (Phi) is 4.94. The number of hydrogen-bond acceptors (Lipinski definition) is 4. The summed E-state index contributed by atoms with van der Waals surface area (Å²) in [6.45, 7) is 7.63. The maximum Gasteiger partial charge on any atom is 0.226 e. The molecule has 0 radical (unpaired) electrons. The van der Waals surface area contributed by atoms with Gasteiger partial charge in [0.05, 0.1) is 12.5 Å². The Bertz CT molecular complexity index is 1150. The number of carbonyl (C=O) groups excluding carboxylic acids is 2. The second-order valence-corrected chi connectivity index (χ2v) is 8.59. The summed E-state index contributed by atoms with van der Waals surface area (Å²) in [6, 6.07) is 12.9. The van der Waals surface area contributed by atoms with Crippen LogP contribution in [0.4, 0.5) is 5.69 Å². The Morgan fingerprint density at radius 1 is 1.17 bits per heavy atom. The van der Waals surface area contributed by atoms with Crippen molar-refractivity contribution in [2.45, 2.75) is 45.6 Å². The number of benzene rings is 2. The number of amides is 2. The number of oxazole rings is 1. The summed E-state index contributed by atoms with van der Waals surface area (Å²) >= 11 is 0. The first-order chi connectivity index (χ1) is 14.2. The Labute approximate surface area is 175 Å². The molecule has 0 bridgehead atoms. The van der Waals surface area contributed by atoms with Gasteiger partial charge in [-0.05, 0) is 35.4 Å². The zero-order valence-electron chi connectivity index (χ0n) is 17.6. The molecule has 0 aliphatic carbocycles. The summed E-state index contributed by atoms with van der Waals surface area (Å²) in [5, 5.41) is 2.94. The van der Waals surface area contributed by atoms with E-state index in [1.807, 2.05) is 63.2 Å². The van der Waals surface area contributed by atoms with Gasteiger partial charge in [0.1, 0.15) is 5.52 Å². The zero-order chi connectivity index (χ0) is 21.5. The summed E-state index contributed by atoms with van der Waals surface area (Å²) in [6.07, 6.45) is 3.81. The van der Waals surface area contributed by atoms with Gasteiger partial charge >= 0.3 is 0 Å². The fourth-order valence-electron chi connectivity index (χ4n) is 3.63. The highest BCUT2D eigenvalue weighted by Gasteiger charge is 2.28. The van der Waals surface area contributed by atoms with Crippen LogP contribution >= 0.6 is 0 Å². The second-order valence-electron chi connectivity index (χ2n) is 8.59. The van der Waals surface area contributed by atoms with Gasteiger partial charge in [-0.25, -0.2) is 4.98 Å². The van der Waals surface area contributed by atoms with Crippen molar-refractivity contribution in [3.63, 3.8) is 0 Å². The first-order valence-electron chi connectivity index (χ1n) is 9.99. The van der Waals surface area contributed by atoms with Gasteiger partial charge in [-0.2, -0.15) is 0 Å². The molecule has 4 rings (SSSR count). The van der Waals surface area contributed by atoms with Crippen molar-refractivity contribution >= 4 is 34.7 Å². The highest BCUT2D eigenvalue weighted by Crippen LogP contribution is 2.33. The van der Waals surface area contributed by atoms with E-state index in [4.69, 9.17) is 4.42 Å². The van der Waals surface area contributed by atoms with Crippen molar-refractivity contribution in [3.8, 4) is 0 Å². The van der Waals surface area contributed by atoms with E-state index in [1.54, 1.807) is 17.2 Å². The van der Waals surface area contributed by atoms with Crippen LogP contribution in [0.3, 0.4) is 0 Å². The topological polar surface area (TPSA) is 75.4 Å². The first-order valence-corrected chi connectivity index (χ1v) is 9.99. The van der Waals surface area contributed by atoms with E-state index in [0.29, 0.717) is 22.7 Å². The van der Waals surface area contributed by atoms with E-state index in [0.717, 1.165) is 11.1 Å². The van der Waals surface area contributed by atoms with Crippen molar-refractivity contribution < 1.29 is 14.0 Å². The SMILES string of the molecule is CC(=O)N1C=Cc2ccccc2[C@@H]1CC(=O)Nc1ccc2oc(C(C)(C)C)nc2c1. The Morgan fingerprint density at radius 3 is 2.67 bits per heavy atom. The standard InChI is InChI=1S/C24H25N3O3/c1-15(28)27-12-11-16-7-5-6-8-18(16)20(27)14-22(29)25-17-9-10-21-19(13-17)26-23(30-21)24(2,3)4/h5-13,20H,14H2,1-4H3,(H,25,29)/t20-/m0/s1. The predicted octanol–water partition coefficient (Wildman–Crippen LogP) is 5.03. The van der Waals surface area contributed by atoms with Gasteiger partial charge < -0.3 is 14.6 Å². The lowest BCUT2D eigenvalue weighted by molar-refractivity contribution is -0.129. The van der Waals surface area contributed by atoms with Gasteiger partial charge in [0.15, 0.2) is 5.58 Å². The van der Waals surface area contributed by atoms with Crippen LogP contribution in [-0.4, -0.2) is 21.7 Å². The van der Waals surface area contributed by atoms with Gasteiger partial charge in [-0.15, -0.1) is 0 Å². The van der Waals surface area contributed by atoms with Crippen LogP contribution in [0.25, 0.3) is 17.2 Å². The van der Waals surface area contributed by atoms with Crippen LogP contribution in [0.5, 0.6) is 0 Å². The fourth-order valence-corrected chi connectivity index (χ4v) is 3.63. The minimum atomic E-state index is -0.341. The molecule has 0 saturated carbocycles. The van der Waals surface area contributed by atoms with E-state index in [9.17, 15) is 9.59 Å². The number of hydrogen-bond donors (Lipinski definition) is 1. The largest absolute Gasteiger partial charge is 0.440 e. The molecular formula is C24H25N3O3. The van der Waals surface area contributed by atoms with E-state index in [1.165, 1.54) is 6.92 Å². The smallest absolute Gasteiger partial charge is 0.226 e. The second kappa shape index (κ2) is 7.44. The highest BCUT2D eigenvalue weighted by molar-refractivity contribution is 5.94. The number of rotatable bonds is 3. The third-order valence-electron chi connectivity index (χ3n) is 5.16. The molecule has 1 aliphatic heterocycles. The van der Waals surface area contributed by atoms with Gasteiger partial charge in [-0.3, -0.25) is 9.59 Å². The number of nitrogens with one attached hydrogen (secondary N) is 1. The molecule has 1 N–H and O–H groups in total. The molecule has 2 aromatic carbocycles. The molecule has 6 heteroatoms. The minimum absolute atomic E-state index is 0.0997. The normalized spacial score (nSPS) is 15.9. The molecular weight excluding hydrogens is 378 g/mol. The molecule has 1 aliphatic rings. The van der Waals surface area contributed by atoms with E-state index in [-0.39, 0.29) is 29.7 Å². The molecule has 0 saturated heterocycles. The van der Waals surface area contributed by atoms with Crippen LogP contribution in [0.15, 0.2) is 53.1 Å². The molecule has 2 amide bonds. The molecule has 6 nitrogen and oxygen atoms in total. The van der Waals surface area contributed by atoms with Crippen molar-refractivity contribution in [2.24, 2.45) is 0 Å². The average molecular weight is 403 g/mol. The third kappa shape index (κ3) is 3.85. The number of aromatic nitrogens is 1. The monoisotopic (exact) mass is 403 g/mol. The lowest BCUT2D eigenvalue weighted by Gasteiger charge is -2.32. The average Bonchev–Trinajstić information content (AvgIpc) is 3.12. The highest BCUT2D eigenvalue weighted by atomic mass is 16.3. The van der Waals surface area contributed by atoms with Crippen LogP contribution in [0.1, 0.15) is 57.2 Å². The molecule has 0 spiro atoms. The van der Waals surface area contributed by atoms with Crippen molar-refractivity contribution in [3.05, 3.63) is 65.7 Å². The lowest BCUT2D eigenvalue weighted by atomic mass is 9.93. The summed E-state index contributed by atoms with van der Waals surface area (Å²) in [4.78, 5) is 31.1. The maximum atomic E-state index is 12.8. The summed E-state index contributed by atoms with van der Waals surface area (Å²) < 4.78 is 5.82. The number of fused-ring (bicyclic) bond motifs is 2. The van der Waals surface area contributed by atoms with E-state index < -0.39 is 0 Å². The molecule has 0 fully saturated rings. The van der Waals surface area contributed by atoms with Crippen molar-refractivity contribution in [2.75, 3.05) is 5.32 Å². The zero-order valence-corrected chi connectivity index (χ0v) is 17.6. The molecule has 2 heterocycles. The molecule has 1 aromatic heterocycles. The van der Waals surface area contributed by atoms with Crippen LogP contribution in [-0.2, 0) is 15.0 Å². The van der Waals surface area contributed by atoms with Crippen LogP contribution < -0.4 is 5.32 Å². The quantitative estimate of drug-likeness (QED) is 0.666. The Morgan fingerprint density at radius 2 is 1.93 bits per heavy atom. The molecule has 1 atom stereocenters. The molecule has 3 aromatic rings. The van der Waals surface area contributed by atoms with E-state index in [2.05, 4.69) is 10.3 Å². The summed E-state index contributed by atoms with van der Waals surface area (Å²) in [5.41, 5.74) is 3.83. The number of carbonyl (C=O) groups is 2. The molecule has 0 unspecified atom stereocenters. The first kappa shape index (κ1) is 19.9. The van der Waals surface area contributed by atoms with Gasteiger partial charge in [0.25, 0.3) is 0 Å². The van der Waals surface area contributed by atoms with Crippen LogP contribution in [0, 0.1) is 0 Å². The maximum absolute atomic E-state index is 12.8. The lowest BCUT2D eigenvalue weighted by Crippen LogP contribution is -2.33. The summed E-state index contributed by atoms with van der Waals surface area (Å²) in [7, 11) is 0. The van der Waals surface area contributed by atoms with Crippen LogP contribution in [0.2, 0.25) is 0 Å². The Hall–Kier alpha value is -3.41. The third-order valence-corrected chi connectivity index (χ3v) is 5.16. The minimum Gasteiger partial charge on any atom is -0.440 e.